The summed E-state index contributed by atoms with van der Waals surface area (Å²) in [5, 5.41) is 12.7. The lowest BCUT2D eigenvalue weighted by atomic mass is 10.1. The number of rotatable bonds is 7. The van der Waals surface area contributed by atoms with Crippen LogP contribution in [0.4, 0.5) is 4.39 Å². The highest BCUT2D eigenvalue weighted by Crippen LogP contribution is 2.23. The number of benzene rings is 1. The van der Waals surface area contributed by atoms with E-state index in [9.17, 15) is 14.3 Å². The minimum atomic E-state index is -0.927. The molecule has 1 aromatic rings. The normalized spacial score (nSPS) is 18.1. The van der Waals surface area contributed by atoms with Crippen LogP contribution in [-0.4, -0.2) is 29.8 Å². The van der Waals surface area contributed by atoms with Crippen LogP contribution in [0, 0.1) is 5.82 Å². The Morgan fingerprint density at radius 3 is 2.82 bits per heavy atom. The van der Waals surface area contributed by atoms with E-state index in [0.29, 0.717) is 12.0 Å². The van der Waals surface area contributed by atoms with Gasteiger partial charge in [-0.2, -0.15) is 0 Å². The summed E-state index contributed by atoms with van der Waals surface area (Å²) in [6, 6.07) is 5.75. The number of hydrogen-bond acceptors (Lipinski definition) is 3. The van der Waals surface area contributed by atoms with Crippen molar-refractivity contribution >= 4 is 5.91 Å². The van der Waals surface area contributed by atoms with E-state index in [1.807, 2.05) is 6.92 Å². The van der Waals surface area contributed by atoms with Crippen LogP contribution in [-0.2, 0) is 9.53 Å². The van der Waals surface area contributed by atoms with Crippen molar-refractivity contribution < 1.29 is 19.0 Å². The van der Waals surface area contributed by atoms with Gasteiger partial charge in [0, 0.05) is 6.54 Å². The third-order valence-electron chi connectivity index (χ3n) is 4.03. The molecule has 0 spiro atoms. The van der Waals surface area contributed by atoms with Gasteiger partial charge in [-0.1, -0.05) is 31.9 Å². The number of halogens is 1. The Hall–Kier alpha value is -1.46. The topological polar surface area (TPSA) is 58.6 Å². The molecule has 2 atom stereocenters. The number of ether oxygens (including phenoxy) is 1. The molecule has 0 saturated heterocycles. The van der Waals surface area contributed by atoms with Crippen molar-refractivity contribution in [1.82, 2.24) is 5.32 Å². The van der Waals surface area contributed by atoms with Crippen molar-refractivity contribution in [2.24, 2.45) is 0 Å². The van der Waals surface area contributed by atoms with Gasteiger partial charge in [-0.15, -0.1) is 0 Å². The van der Waals surface area contributed by atoms with Gasteiger partial charge in [0.05, 0.1) is 12.2 Å². The lowest BCUT2D eigenvalue weighted by Crippen LogP contribution is -2.39. The van der Waals surface area contributed by atoms with Crippen LogP contribution in [0.1, 0.15) is 50.7 Å². The summed E-state index contributed by atoms with van der Waals surface area (Å²) in [7, 11) is 0. The maximum Gasteiger partial charge on any atom is 0.249 e. The van der Waals surface area contributed by atoms with Crippen molar-refractivity contribution in [2.75, 3.05) is 6.54 Å². The van der Waals surface area contributed by atoms with Gasteiger partial charge in [0.1, 0.15) is 11.9 Å². The molecule has 0 aliphatic heterocycles. The van der Waals surface area contributed by atoms with E-state index in [1.54, 1.807) is 6.07 Å². The molecule has 0 bridgehead atoms. The average Bonchev–Trinajstić information content (AvgIpc) is 3.03. The first-order chi connectivity index (χ1) is 10.6. The zero-order chi connectivity index (χ0) is 15.9. The third-order valence-corrected chi connectivity index (χ3v) is 4.03. The van der Waals surface area contributed by atoms with E-state index < -0.39 is 18.0 Å². The van der Waals surface area contributed by atoms with Crippen LogP contribution in [0.15, 0.2) is 24.3 Å². The summed E-state index contributed by atoms with van der Waals surface area (Å²) in [6.07, 6.45) is 3.68. The van der Waals surface area contributed by atoms with E-state index in [2.05, 4.69) is 5.32 Å². The van der Waals surface area contributed by atoms with Crippen molar-refractivity contribution in [3.05, 3.63) is 35.6 Å². The first kappa shape index (κ1) is 16.9. The molecular weight excluding hydrogens is 285 g/mol. The molecule has 1 aliphatic rings. The number of carbonyl (C=O) groups excluding carboxylic acids is 1. The van der Waals surface area contributed by atoms with Crippen molar-refractivity contribution in [3.63, 3.8) is 0 Å². The summed E-state index contributed by atoms with van der Waals surface area (Å²) in [5.74, 6) is -0.622. The Morgan fingerprint density at radius 2 is 2.18 bits per heavy atom. The first-order valence-corrected chi connectivity index (χ1v) is 7.97. The number of amides is 1. The van der Waals surface area contributed by atoms with Gasteiger partial charge in [-0.25, -0.2) is 4.39 Å². The predicted octanol–water partition coefficient (Wildman–Crippen LogP) is 2.71. The van der Waals surface area contributed by atoms with E-state index in [1.165, 1.54) is 18.2 Å². The number of hydrogen-bond donors (Lipinski definition) is 2. The fraction of sp³-hybridized carbons (Fsp3) is 0.588. The summed E-state index contributed by atoms with van der Waals surface area (Å²) >= 11 is 0. The fourth-order valence-corrected chi connectivity index (χ4v) is 2.74. The molecule has 5 heteroatoms. The lowest BCUT2D eigenvalue weighted by Gasteiger charge is -2.21. The van der Waals surface area contributed by atoms with E-state index >= 15 is 0 Å². The molecule has 1 aliphatic carbocycles. The highest BCUT2D eigenvalue weighted by molar-refractivity contribution is 5.80. The Morgan fingerprint density at radius 1 is 1.45 bits per heavy atom. The standard InChI is InChI=1S/C17H24FNO3/c1-2-16(22-14-8-3-4-9-14)17(21)19-11-15(20)12-6-5-7-13(18)10-12/h5-7,10,14-16,20H,2-4,8-9,11H2,1H3,(H,19,21)/t15-,16-/m0/s1. The molecule has 0 radical (unpaired) electrons. The molecule has 1 aromatic carbocycles. The van der Waals surface area contributed by atoms with Gasteiger partial charge in [0.15, 0.2) is 0 Å². The number of aliphatic hydroxyl groups is 1. The van der Waals surface area contributed by atoms with Crippen LogP contribution in [0.3, 0.4) is 0 Å². The Labute approximate surface area is 130 Å². The van der Waals surface area contributed by atoms with Crippen molar-refractivity contribution in [2.45, 2.75) is 57.3 Å². The number of nitrogens with one attached hydrogen (secondary N) is 1. The summed E-state index contributed by atoms with van der Waals surface area (Å²) < 4.78 is 18.9. The Bertz CT molecular complexity index is 489. The minimum absolute atomic E-state index is 0.0484. The van der Waals surface area contributed by atoms with E-state index in [4.69, 9.17) is 4.74 Å². The zero-order valence-electron chi connectivity index (χ0n) is 12.9. The Balaban J connectivity index is 1.82. The SMILES string of the molecule is CC[C@H](OC1CCCC1)C(=O)NC[C@H](O)c1cccc(F)c1. The zero-order valence-corrected chi connectivity index (χ0v) is 12.9. The second-order valence-corrected chi connectivity index (χ2v) is 5.76. The maximum atomic E-state index is 13.1. The molecule has 122 valence electrons. The van der Waals surface area contributed by atoms with E-state index in [-0.39, 0.29) is 18.6 Å². The highest BCUT2D eigenvalue weighted by Gasteiger charge is 2.24. The van der Waals surface area contributed by atoms with Crippen molar-refractivity contribution in [3.8, 4) is 0 Å². The van der Waals surface area contributed by atoms with Crippen LogP contribution < -0.4 is 5.32 Å². The van der Waals surface area contributed by atoms with Crippen molar-refractivity contribution in [1.29, 1.82) is 0 Å². The molecule has 2 rings (SSSR count). The molecule has 1 amide bonds. The summed E-state index contributed by atoms with van der Waals surface area (Å²) in [4.78, 5) is 12.1. The second kappa shape index (κ2) is 8.25. The van der Waals surface area contributed by atoms with Crippen LogP contribution in [0.25, 0.3) is 0 Å². The molecular formula is C17H24FNO3. The number of aliphatic hydroxyl groups excluding tert-OH is 1. The molecule has 0 aromatic heterocycles. The minimum Gasteiger partial charge on any atom is -0.387 e. The summed E-state index contributed by atoms with van der Waals surface area (Å²) in [5.41, 5.74) is 0.449. The van der Waals surface area contributed by atoms with E-state index in [0.717, 1.165) is 25.7 Å². The molecule has 1 saturated carbocycles. The van der Waals surface area contributed by atoms with Gasteiger partial charge in [-0.05, 0) is 37.0 Å². The average molecular weight is 309 g/mol. The summed E-state index contributed by atoms with van der Waals surface area (Å²) in [6.45, 7) is 1.95. The van der Waals surface area contributed by atoms with Gasteiger partial charge >= 0.3 is 0 Å². The molecule has 0 heterocycles. The second-order valence-electron chi connectivity index (χ2n) is 5.76. The molecule has 1 fully saturated rings. The third kappa shape index (κ3) is 4.78. The van der Waals surface area contributed by atoms with Gasteiger partial charge in [0.2, 0.25) is 5.91 Å². The molecule has 22 heavy (non-hydrogen) atoms. The number of carbonyl (C=O) groups is 1. The molecule has 2 N–H and O–H groups in total. The van der Waals surface area contributed by atoms with Crippen LogP contribution in [0.2, 0.25) is 0 Å². The molecule has 0 unspecified atom stereocenters. The maximum absolute atomic E-state index is 13.1. The van der Waals surface area contributed by atoms with Gasteiger partial charge < -0.3 is 15.2 Å². The van der Waals surface area contributed by atoms with Crippen LogP contribution >= 0.6 is 0 Å². The largest absolute Gasteiger partial charge is 0.387 e. The smallest absolute Gasteiger partial charge is 0.249 e. The first-order valence-electron chi connectivity index (χ1n) is 7.97. The highest BCUT2D eigenvalue weighted by atomic mass is 19.1. The fourth-order valence-electron chi connectivity index (χ4n) is 2.74. The predicted molar refractivity (Wildman–Crippen MR) is 81.8 cm³/mol. The lowest BCUT2D eigenvalue weighted by molar-refractivity contribution is -0.137. The Kier molecular flexibility index (Phi) is 6.34. The van der Waals surface area contributed by atoms with Crippen LogP contribution in [0.5, 0.6) is 0 Å². The molecule has 4 nitrogen and oxygen atoms in total. The quantitative estimate of drug-likeness (QED) is 0.814. The monoisotopic (exact) mass is 309 g/mol. The van der Waals surface area contributed by atoms with Gasteiger partial charge in [-0.3, -0.25) is 4.79 Å². The van der Waals surface area contributed by atoms with Gasteiger partial charge in [0.25, 0.3) is 0 Å².